The first kappa shape index (κ1) is 14.3. The number of methoxy groups -OCH3 is 1. The summed E-state index contributed by atoms with van der Waals surface area (Å²) in [5.74, 6) is 0.883. The summed E-state index contributed by atoms with van der Waals surface area (Å²) < 4.78 is 5.46. The van der Waals surface area contributed by atoms with Gasteiger partial charge in [-0.2, -0.15) is 0 Å². The second-order valence-corrected chi connectivity index (χ2v) is 4.60. The molecule has 2 rings (SSSR count). The fourth-order valence-corrected chi connectivity index (χ4v) is 2.17. The van der Waals surface area contributed by atoms with Crippen molar-refractivity contribution in [2.24, 2.45) is 5.73 Å². The van der Waals surface area contributed by atoms with Gasteiger partial charge in [0, 0.05) is 25.5 Å². The van der Waals surface area contributed by atoms with Crippen molar-refractivity contribution in [2.75, 3.05) is 25.1 Å². The molecule has 1 heterocycles. The monoisotopic (exact) mass is 271 g/mol. The number of hydrogen-bond acceptors (Lipinski definition) is 4. The molecule has 0 fully saturated rings. The summed E-state index contributed by atoms with van der Waals surface area (Å²) in [6, 6.07) is 12.1. The van der Waals surface area contributed by atoms with Crippen molar-refractivity contribution in [3.63, 3.8) is 0 Å². The van der Waals surface area contributed by atoms with Crippen LogP contribution < -0.4 is 15.4 Å². The highest BCUT2D eigenvalue weighted by Gasteiger charge is 2.11. The highest BCUT2D eigenvalue weighted by atomic mass is 16.5. The van der Waals surface area contributed by atoms with Gasteiger partial charge >= 0.3 is 0 Å². The van der Waals surface area contributed by atoms with Crippen LogP contribution in [0.25, 0.3) is 0 Å². The molecule has 0 unspecified atom stereocenters. The van der Waals surface area contributed by atoms with E-state index in [-0.39, 0.29) is 0 Å². The minimum atomic E-state index is 0.679. The molecular weight excluding hydrogens is 250 g/mol. The van der Waals surface area contributed by atoms with E-state index in [9.17, 15) is 0 Å². The Hall–Kier alpha value is -2.07. The van der Waals surface area contributed by atoms with Gasteiger partial charge in [-0.1, -0.05) is 18.2 Å². The average Bonchev–Trinajstić information content (AvgIpc) is 2.52. The van der Waals surface area contributed by atoms with Gasteiger partial charge in [0.25, 0.3) is 0 Å². The number of hydrogen-bond donors (Lipinski definition) is 1. The maximum absolute atomic E-state index is 5.65. The number of nitrogens with two attached hydrogens (primary N) is 1. The maximum Gasteiger partial charge on any atom is 0.142 e. The first-order valence-electron chi connectivity index (χ1n) is 6.82. The quantitative estimate of drug-likeness (QED) is 0.840. The van der Waals surface area contributed by atoms with Gasteiger partial charge in [0.1, 0.15) is 5.75 Å². The summed E-state index contributed by atoms with van der Waals surface area (Å²) in [6.45, 7) is 2.37. The predicted octanol–water partition coefficient (Wildman–Crippen LogP) is 2.45. The molecule has 0 radical (unpaired) electrons. The molecular formula is C16H21N3O. The molecule has 0 aliphatic carbocycles. The Bertz CT molecular complexity index is 516. The second kappa shape index (κ2) is 7.50. The van der Waals surface area contributed by atoms with Crippen LogP contribution in [0.15, 0.2) is 48.8 Å². The van der Waals surface area contributed by atoms with Gasteiger partial charge in [0.05, 0.1) is 12.8 Å². The fraction of sp³-hybridized carbons (Fsp3) is 0.312. The van der Waals surface area contributed by atoms with Gasteiger partial charge in [-0.3, -0.25) is 4.98 Å². The zero-order chi connectivity index (χ0) is 14.2. The molecule has 106 valence electrons. The van der Waals surface area contributed by atoms with Crippen molar-refractivity contribution in [3.8, 4) is 5.75 Å². The summed E-state index contributed by atoms with van der Waals surface area (Å²) in [6.07, 6.45) is 4.62. The van der Waals surface area contributed by atoms with Crippen molar-refractivity contribution < 1.29 is 4.74 Å². The first-order valence-corrected chi connectivity index (χ1v) is 6.82. The first-order chi connectivity index (χ1) is 9.85. The van der Waals surface area contributed by atoms with Crippen LogP contribution in [0.3, 0.4) is 0 Å². The van der Waals surface area contributed by atoms with Crippen LogP contribution in [0.4, 0.5) is 5.69 Å². The van der Waals surface area contributed by atoms with Crippen LogP contribution in [0, 0.1) is 0 Å². The third-order valence-corrected chi connectivity index (χ3v) is 3.15. The van der Waals surface area contributed by atoms with E-state index in [1.54, 1.807) is 13.3 Å². The molecule has 0 aliphatic heterocycles. The Labute approximate surface area is 120 Å². The van der Waals surface area contributed by atoms with Crippen molar-refractivity contribution in [1.82, 2.24) is 4.98 Å². The van der Waals surface area contributed by atoms with Crippen molar-refractivity contribution in [3.05, 3.63) is 54.4 Å². The molecule has 0 spiro atoms. The Morgan fingerprint density at radius 1 is 1.20 bits per heavy atom. The Balaban J connectivity index is 2.22. The number of para-hydroxylation sites is 2. The number of rotatable bonds is 7. The number of ether oxygens (including phenoxy) is 1. The molecule has 4 nitrogen and oxygen atoms in total. The van der Waals surface area contributed by atoms with Crippen LogP contribution in [-0.4, -0.2) is 25.2 Å². The lowest BCUT2D eigenvalue weighted by molar-refractivity contribution is 0.414. The van der Waals surface area contributed by atoms with Crippen molar-refractivity contribution in [2.45, 2.75) is 13.0 Å². The van der Waals surface area contributed by atoms with E-state index in [2.05, 4.69) is 22.0 Å². The molecule has 2 N–H and O–H groups in total. The number of aromatic nitrogens is 1. The molecule has 2 aromatic rings. The van der Waals surface area contributed by atoms with Crippen LogP contribution >= 0.6 is 0 Å². The van der Waals surface area contributed by atoms with E-state index in [4.69, 9.17) is 10.5 Å². The van der Waals surface area contributed by atoms with Gasteiger partial charge in [-0.05, 0) is 36.7 Å². The summed E-state index contributed by atoms with van der Waals surface area (Å²) in [5, 5.41) is 0. The van der Waals surface area contributed by atoms with E-state index >= 15 is 0 Å². The Morgan fingerprint density at radius 3 is 2.75 bits per heavy atom. The van der Waals surface area contributed by atoms with Crippen molar-refractivity contribution in [1.29, 1.82) is 0 Å². The van der Waals surface area contributed by atoms with E-state index in [1.165, 1.54) is 5.56 Å². The molecule has 4 heteroatoms. The topological polar surface area (TPSA) is 51.4 Å². The second-order valence-electron chi connectivity index (χ2n) is 4.60. The normalized spacial score (nSPS) is 10.3. The minimum absolute atomic E-state index is 0.679. The van der Waals surface area contributed by atoms with Gasteiger partial charge < -0.3 is 15.4 Å². The Kier molecular flexibility index (Phi) is 5.38. The largest absolute Gasteiger partial charge is 0.495 e. The van der Waals surface area contributed by atoms with Gasteiger partial charge in [-0.25, -0.2) is 0 Å². The fourth-order valence-electron chi connectivity index (χ4n) is 2.17. The highest BCUT2D eigenvalue weighted by Crippen LogP contribution is 2.28. The average molecular weight is 271 g/mol. The minimum Gasteiger partial charge on any atom is -0.495 e. The van der Waals surface area contributed by atoms with Gasteiger partial charge in [-0.15, -0.1) is 0 Å². The highest BCUT2D eigenvalue weighted by molar-refractivity contribution is 5.58. The van der Waals surface area contributed by atoms with Crippen LogP contribution in [0.5, 0.6) is 5.75 Å². The van der Waals surface area contributed by atoms with E-state index in [1.807, 2.05) is 30.5 Å². The van der Waals surface area contributed by atoms with E-state index < -0.39 is 0 Å². The third kappa shape index (κ3) is 3.71. The zero-order valence-corrected chi connectivity index (χ0v) is 11.8. The lowest BCUT2D eigenvalue weighted by Crippen LogP contribution is -2.26. The predicted molar refractivity (Wildman–Crippen MR) is 82.0 cm³/mol. The molecule has 0 aliphatic rings. The van der Waals surface area contributed by atoms with Gasteiger partial charge in [0.15, 0.2) is 0 Å². The third-order valence-electron chi connectivity index (χ3n) is 3.15. The standard InChI is InChI=1S/C16H21N3O/c1-20-16-8-3-2-7-15(16)19(11-5-9-17)13-14-6-4-10-18-12-14/h2-4,6-8,10,12H,5,9,11,13,17H2,1H3. The number of pyridine rings is 1. The molecule has 0 bridgehead atoms. The smallest absolute Gasteiger partial charge is 0.142 e. The van der Waals surface area contributed by atoms with E-state index in [0.717, 1.165) is 30.9 Å². The molecule has 0 saturated carbocycles. The van der Waals surface area contributed by atoms with Crippen LogP contribution in [0.2, 0.25) is 0 Å². The number of anilines is 1. The molecule has 0 amide bonds. The maximum atomic E-state index is 5.65. The Morgan fingerprint density at radius 2 is 2.05 bits per heavy atom. The summed E-state index contributed by atoms with van der Waals surface area (Å²) in [7, 11) is 1.70. The van der Waals surface area contributed by atoms with Crippen LogP contribution in [0.1, 0.15) is 12.0 Å². The summed E-state index contributed by atoms with van der Waals surface area (Å²) >= 11 is 0. The SMILES string of the molecule is COc1ccccc1N(CCCN)Cc1cccnc1. The van der Waals surface area contributed by atoms with E-state index in [0.29, 0.717) is 6.54 Å². The summed E-state index contributed by atoms with van der Waals surface area (Å²) in [4.78, 5) is 6.45. The van der Waals surface area contributed by atoms with Crippen molar-refractivity contribution >= 4 is 5.69 Å². The van der Waals surface area contributed by atoms with Crippen LogP contribution in [-0.2, 0) is 6.54 Å². The molecule has 1 aromatic heterocycles. The summed E-state index contributed by atoms with van der Waals surface area (Å²) in [5.41, 5.74) is 7.91. The van der Waals surface area contributed by atoms with Gasteiger partial charge in [0.2, 0.25) is 0 Å². The lowest BCUT2D eigenvalue weighted by Gasteiger charge is -2.26. The molecule has 0 saturated heterocycles. The zero-order valence-electron chi connectivity index (χ0n) is 11.8. The lowest BCUT2D eigenvalue weighted by atomic mass is 10.2. The molecule has 1 aromatic carbocycles. The molecule has 20 heavy (non-hydrogen) atoms. The molecule has 0 atom stereocenters. The number of benzene rings is 1. The number of nitrogens with zero attached hydrogens (tertiary/aromatic N) is 2.